The maximum Gasteiger partial charge on any atom is 0.326 e. The second-order valence-electron chi connectivity index (χ2n) is 15.8. The first-order valence-electron chi connectivity index (χ1n) is 19.1. The Kier molecular flexibility index (Phi) is 24.1. The van der Waals surface area contributed by atoms with Gasteiger partial charge in [0.1, 0.15) is 24.2 Å². The van der Waals surface area contributed by atoms with Gasteiger partial charge >= 0.3 is 11.9 Å². The molecule has 7 atom stereocenters. The molecule has 0 radical (unpaired) electrons. The molecule has 4 amide bonds. The molecule has 0 heterocycles. The van der Waals surface area contributed by atoms with Crippen molar-refractivity contribution in [3.05, 3.63) is 0 Å². The van der Waals surface area contributed by atoms with Gasteiger partial charge in [-0.05, 0) is 68.1 Å². The molecule has 0 rings (SSSR count). The van der Waals surface area contributed by atoms with Gasteiger partial charge in [0.2, 0.25) is 23.6 Å². The lowest BCUT2D eigenvalue weighted by atomic mass is 9.91. The first-order valence-corrected chi connectivity index (χ1v) is 19.1. The summed E-state index contributed by atoms with van der Waals surface area (Å²) in [4.78, 5) is 76.3. The number of aliphatic hydroxyl groups is 1. The molecular weight excluding hydrogens is 656 g/mol. The van der Waals surface area contributed by atoms with Crippen molar-refractivity contribution in [1.82, 2.24) is 21.3 Å². The van der Waals surface area contributed by atoms with Crippen molar-refractivity contribution in [2.24, 2.45) is 29.6 Å². The Hall–Kier alpha value is -3.22. The summed E-state index contributed by atoms with van der Waals surface area (Å²) in [5.74, 6) is -3.89. The van der Waals surface area contributed by atoms with Crippen molar-refractivity contribution in [1.29, 1.82) is 0 Å². The number of unbranched alkanes of at least 4 members (excludes halogenated alkanes) is 2. The molecule has 13 nitrogen and oxygen atoms in total. The van der Waals surface area contributed by atoms with Crippen LogP contribution in [0.2, 0.25) is 0 Å². The molecule has 0 aromatic carbocycles. The van der Waals surface area contributed by atoms with Crippen molar-refractivity contribution in [2.45, 2.75) is 176 Å². The van der Waals surface area contributed by atoms with E-state index < -0.39 is 72.3 Å². The summed E-state index contributed by atoms with van der Waals surface area (Å²) in [6, 6.07) is -4.72. The van der Waals surface area contributed by atoms with Crippen LogP contribution in [0.25, 0.3) is 0 Å². The van der Waals surface area contributed by atoms with Crippen molar-refractivity contribution in [2.75, 3.05) is 0 Å². The first-order chi connectivity index (χ1) is 23.7. The third kappa shape index (κ3) is 23.1. The van der Waals surface area contributed by atoms with E-state index in [9.17, 15) is 44.1 Å². The number of nitrogens with one attached hydrogen (secondary N) is 4. The van der Waals surface area contributed by atoms with Gasteiger partial charge in [-0.1, -0.05) is 94.4 Å². The second-order valence-corrected chi connectivity index (χ2v) is 15.8. The fourth-order valence-electron chi connectivity index (χ4n) is 6.04. The molecule has 7 N–H and O–H groups in total. The summed E-state index contributed by atoms with van der Waals surface area (Å²) in [5, 5.41) is 39.8. The Morgan fingerprint density at radius 3 is 1.47 bits per heavy atom. The zero-order valence-corrected chi connectivity index (χ0v) is 32.8. The van der Waals surface area contributed by atoms with E-state index in [-0.39, 0.29) is 49.9 Å². The van der Waals surface area contributed by atoms with E-state index in [0.717, 1.165) is 25.7 Å². The minimum absolute atomic E-state index is 0.0224. The molecule has 0 bridgehead atoms. The Labute approximate surface area is 306 Å². The molecule has 13 heteroatoms. The van der Waals surface area contributed by atoms with Gasteiger partial charge in [-0.25, -0.2) is 4.79 Å². The van der Waals surface area contributed by atoms with Crippen LogP contribution in [0.15, 0.2) is 0 Å². The molecule has 0 aliphatic heterocycles. The zero-order chi connectivity index (χ0) is 39.3. The highest BCUT2D eigenvalue weighted by Crippen LogP contribution is 2.21. The number of amides is 4. The predicted octanol–water partition coefficient (Wildman–Crippen LogP) is 4.79. The van der Waals surface area contributed by atoms with E-state index in [4.69, 9.17) is 0 Å². The van der Waals surface area contributed by atoms with E-state index in [1.807, 2.05) is 41.5 Å². The number of carbonyl (C=O) groups is 6. The van der Waals surface area contributed by atoms with Crippen molar-refractivity contribution in [3.63, 3.8) is 0 Å². The van der Waals surface area contributed by atoms with Crippen molar-refractivity contribution < 1.29 is 44.1 Å². The van der Waals surface area contributed by atoms with Gasteiger partial charge in [0, 0.05) is 6.42 Å². The smallest absolute Gasteiger partial charge is 0.326 e. The summed E-state index contributed by atoms with van der Waals surface area (Å²) >= 11 is 0. The van der Waals surface area contributed by atoms with E-state index in [1.54, 1.807) is 0 Å². The quantitative estimate of drug-likeness (QED) is 0.0552. The highest BCUT2D eigenvalue weighted by atomic mass is 16.4. The molecule has 51 heavy (non-hydrogen) atoms. The normalized spacial score (nSPS) is 15.7. The Morgan fingerprint density at radius 1 is 0.529 bits per heavy atom. The minimum Gasteiger partial charge on any atom is -0.481 e. The fourth-order valence-corrected chi connectivity index (χ4v) is 6.04. The van der Waals surface area contributed by atoms with Crippen molar-refractivity contribution in [3.8, 4) is 0 Å². The fraction of sp³-hybridized carbons (Fsp3) is 0.842. The van der Waals surface area contributed by atoms with Crippen LogP contribution in [-0.2, 0) is 28.8 Å². The number of aliphatic carboxylic acids is 2. The van der Waals surface area contributed by atoms with Crippen LogP contribution in [0.5, 0.6) is 0 Å². The predicted molar refractivity (Wildman–Crippen MR) is 198 cm³/mol. The SMILES string of the molecule is CCC(C)CC(C)CCCCC[C@@H](O)CC(=O)N[C@@H](CC(C)C)C(=O)N[C@@H](CCC(=O)O)C(=O)N[C@@H](CC(C)C)C(=O)N[C@@H](CC(C)C)C(=O)O. The largest absolute Gasteiger partial charge is 0.481 e. The molecule has 296 valence electrons. The van der Waals surface area contributed by atoms with Crippen LogP contribution in [0, 0.1) is 29.6 Å². The molecule has 0 aliphatic rings. The molecule has 0 spiro atoms. The van der Waals surface area contributed by atoms with E-state index in [1.165, 1.54) is 12.8 Å². The Balaban J connectivity index is 5.56. The van der Waals surface area contributed by atoms with Gasteiger partial charge in [-0.3, -0.25) is 24.0 Å². The van der Waals surface area contributed by atoms with Crippen LogP contribution in [0.3, 0.4) is 0 Å². The summed E-state index contributed by atoms with van der Waals surface area (Å²) in [6.07, 6.45) is 5.54. The van der Waals surface area contributed by atoms with Gasteiger partial charge in [-0.2, -0.15) is 0 Å². The summed E-state index contributed by atoms with van der Waals surface area (Å²) in [5.41, 5.74) is 0. The number of hydrogen-bond donors (Lipinski definition) is 7. The van der Waals surface area contributed by atoms with Gasteiger partial charge in [0.15, 0.2) is 0 Å². The van der Waals surface area contributed by atoms with Crippen LogP contribution < -0.4 is 21.3 Å². The molecule has 0 fully saturated rings. The summed E-state index contributed by atoms with van der Waals surface area (Å²) in [6.45, 7) is 17.7. The average Bonchev–Trinajstić information content (AvgIpc) is 3.00. The number of carboxylic acids is 2. The number of aliphatic hydroxyl groups excluding tert-OH is 1. The topological polar surface area (TPSA) is 211 Å². The van der Waals surface area contributed by atoms with Crippen LogP contribution in [-0.4, -0.2) is 81.2 Å². The third-order valence-electron chi connectivity index (χ3n) is 8.96. The van der Waals surface area contributed by atoms with Crippen LogP contribution in [0.1, 0.15) is 146 Å². The van der Waals surface area contributed by atoms with Crippen LogP contribution in [0.4, 0.5) is 0 Å². The van der Waals surface area contributed by atoms with E-state index in [0.29, 0.717) is 18.3 Å². The lowest BCUT2D eigenvalue weighted by molar-refractivity contribution is -0.143. The maximum absolute atomic E-state index is 13.5. The molecular formula is C38H70N4O9. The maximum atomic E-state index is 13.5. The first kappa shape index (κ1) is 47.8. The highest BCUT2D eigenvalue weighted by molar-refractivity contribution is 5.95. The number of rotatable bonds is 28. The number of carboxylic acid groups (broad SMARTS) is 2. The molecule has 0 aromatic rings. The Morgan fingerprint density at radius 2 is 0.980 bits per heavy atom. The van der Waals surface area contributed by atoms with Crippen LogP contribution >= 0.6 is 0 Å². The number of hydrogen-bond acceptors (Lipinski definition) is 7. The molecule has 0 aromatic heterocycles. The highest BCUT2D eigenvalue weighted by Gasteiger charge is 2.32. The molecule has 0 saturated heterocycles. The van der Waals surface area contributed by atoms with Crippen molar-refractivity contribution >= 4 is 35.6 Å². The molecule has 0 aliphatic carbocycles. The molecule has 2 unspecified atom stereocenters. The average molecular weight is 727 g/mol. The third-order valence-corrected chi connectivity index (χ3v) is 8.96. The lowest BCUT2D eigenvalue weighted by Crippen LogP contribution is -2.58. The van der Waals surface area contributed by atoms with E-state index in [2.05, 4.69) is 42.0 Å². The van der Waals surface area contributed by atoms with E-state index >= 15 is 0 Å². The minimum atomic E-state index is -1.35. The molecule has 0 saturated carbocycles. The summed E-state index contributed by atoms with van der Waals surface area (Å²) < 4.78 is 0. The standard InChI is InChI=1S/C38H70N4O9/c1-10-26(8)21-27(9)14-12-11-13-15-28(43)22-33(44)39-30(18-23(2)3)36(48)40-29(16-17-34(45)46)35(47)41-31(19-24(4)5)37(49)42-32(38(50)51)20-25(6)7/h23-32,43H,10-22H2,1-9H3,(H,39,44)(H,40,48)(H,41,47)(H,42,49)(H,45,46)(H,50,51)/t26?,27?,28-,29+,30+,31+,32+/m1/s1. The Bertz CT molecular complexity index is 1080. The summed E-state index contributed by atoms with van der Waals surface area (Å²) in [7, 11) is 0. The zero-order valence-electron chi connectivity index (χ0n) is 32.8. The lowest BCUT2D eigenvalue weighted by Gasteiger charge is -2.27. The van der Waals surface area contributed by atoms with Gasteiger partial charge in [-0.15, -0.1) is 0 Å². The number of carbonyl (C=O) groups excluding carboxylic acids is 4. The van der Waals surface area contributed by atoms with Gasteiger partial charge in [0.05, 0.1) is 12.5 Å². The van der Waals surface area contributed by atoms with Gasteiger partial charge < -0.3 is 36.6 Å². The monoisotopic (exact) mass is 727 g/mol. The second kappa shape index (κ2) is 25.7. The van der Waals surface area contributed by atoms with Gasteiger partial charge in [0.25, 0.3) is 0 Å².